The Morgan fingerprint density at radius 3 is 2.14 bits per heavy atom. The van der Waals surface area contributed by atoms with Crippen LogP contribution in [0.5, 0.6) is 0 Å². The van der Waals surface area contributed by atoms with Gasteiger partial charge in [0.25, 0.3) is 0 Å². The Labute approximate surface area is 87.7 Å². The van der Waals surface area contributed by atoms with Gasteiger partial charge in [-0.3, -0.25) is 0 Å². The molecule has 0 spiro atoms. The number of rotatable bonds is 1. The molecule has 0 unspecified atom stereocenters. The molecule has 0 heteroatoms. The average molecular weight is 188 g/mol. The monoisotopic (exact) mass is 188 g/mol. The minimum atomic E-state index is 0.218. The van der Waals surface area contributed by atoms with Gasteiger partial charge in [-0.1, -0.05) is 56.7 Å². The lowest BCUT2D eigenvalue weighted by atomic mass is 9.84. The molecule has 0 saturated heterocycles. The smallest absolute Gasteiger partial charge is 0.0132 e. The first-order valence-corrected chi connectivity index (χ1v) is 5.09. The fraction of sp³-hybridized carbons (Fsp3) is 0.429. The lowest BCUT2D eigenvalue weighted by Gasteiger charge is -2.20. The van der Waals surface area contributed by atoms with Crippen molar-refractivity contribution >= 4 is 5.57 Å². The zero-order chi connectivity index (χ0) is 10.9. The summed E-state index contributed by atoms with van der Waals surface area (Å²) >= 11 is 0. The van der Waals surface area contributed by atoms with Gasteiger partial charge in [-0.05, 0) is 30.4 Å². The van der Waals surface area contributed by atoms with Gasteiger partial charge in [-0.25, -0.2) is 0 Å². The predicted octanol–water partition coefficient (Wildman–Crippen LogP) is 4.33. The van der Waals surface area contributed by atoms with Crippen LogP contribution in [0, 0.1) is 6.92 Å². The van der Waals surface area contributed by atoms with Gasteiger partial charge in [0.1, 0.15) is 0 Å². The van der Waals surface area contributed by atoms with Crippen LogP contribution in [-0.2, 0) is 5.41 Å². The molecular weight excluding hydrogens is 168 g/mol. The second-order valence-electron chi connectivity index (χ2n) is 5.12. The molecule has 0 nitrogen and oxygen atoms in total. The first kappa shape index (κ1) is 11.0. The van der Waals surface area contributed by atoms with Crippen molar-refractivity contribution in [1.29, 1.82) is 0 Å². The number of aryl methyl sites for hydroxylation is 1. The molecule has 1 rings (SSSR count). The molecule has 76 valence electrons. The minimum Gasteiger partial charge on any atom is -0.0955 e. The van der Waals surface area contributed by atoms with Crippen LogP contribution < -0.4 is 0 Å². The highest BCUT2D eigenvalue weighted by Gasteiger charge is 2.14. The van der Waals surface area contributed by atoms with Crippen molar-refractivity contribution in [3.05, 3.63) is 41.5 Å². The minimum absolute atomic E-state index is 0.218. The number of allylic oxidation sites excluding steroid dienone is 1. The van der Waals surface area contributed by atoms with Crippen LogP contribution in [0.2, 0.25) is 0 Å². The summed E-state index contributed by atoms with van der Waals surface area (Å²) in [6.07, 6.45) is 0. The fourth-order valence-electron chi connectivity index (χ4n) is 1.46. The van der Waals surface area contributed by atoms with E-state index in [9.17, 15) is 0 Å². The maximum Gasteiger partial charge on any atom is -0.0132 e. The van der Waals surface area contributed by atoms with Gasteiger partial charge in [0, 0.05) is 0 Å². The van der Waals surface area contributed by atoms with Crippen molar-refractivity contribution in [1.82, 2.24) is 0 Å². The molecule has 0 saturated carbocycles. The third kappa shape index (κ3) is 2.47. The van der Waals surface area contributed by atoms with Crippen LogP contribution in [0.1, 0.15) is 44.4 Å². The maximum absolute atomic E-state index is 3.99. The highest BCUT2D eigenvalue weighted by molar-refractivity contribution is 5.63. The van der Waals surface area contributed by atoms with Gasteiger partial charge in [-0.15, -0.1) is 0 Å². The van der Waals surface area contributed by atoms with E-state index < -0.39 is 0 Å². The summed E-state index contributed by atoms with van der Waals surface area (Å²) < 4.78 is 0. The van der Waals surface area contributed by atoms with Crippen molar-refractivity contribution in [2.45, 2.75) is 40.0 Å². The van der Waals surface area contributed by atoms with Crippen LogP contribution in [-0.4, -0.2) is 0 Å². The van der Waals surface area contributed by atoms with Gasteiger partial charge in [0.15, 0.2) is 0 Å². The van der Waals surface area contributed by atoms with E-state index in [4.69, 9.17) is 0 Å². The fourth-order valence-corrected chi connectivity index (χ4v) is 1.46. The first-order valence-electron chi connectivity index (χ1n) is 5.09. The van der Waals surface area contributed by atoms with E-state index in [1.165, 1.54) is 16.7 Å². The van der Waals surface area contributed by atoms with Crippen LogP contribution in [0.3, 0.4) is 0 Å². The Hall–Kier alpha value is -1.04. The van der Waals surface area contributed by atoms with E-state index in [-0.39, 0.29) is 5.41 Å². The molecule has 0 aromatic heterocycles. The van der Waals surface area contributed by atoms with Crippen LogP contribution >= 0.6 is 0 Å². The summed E-state index contributed by atoms with van der Waals surface area (Å²) in [6, 6.07) is 6.69. The van der Waals surface area contributed by atoms with Gasteiger partial charge in [-0.2, -0.15) is 0 Å². The molecule has 0 N–H and O–H groups in total. The Bertz CT molecular complexity index is 351. The summed E-state index contributed by atoms with van der Waals surface area (Å²) in [5.41, 5.74) is 5.32. The molecular formula is C14H20. The SMILES string of the molecule is C=C(C)c1cc(C)cc(C(C)(C)C)c1. The molecule has 0 radical (unpaired) electrons. The molecule has 0 bridgehead atoms. The van der Waals surface area contributed by atoms with Crippen molar-refractivity contribution in [3.8, 4) is 0 Å². The first-order chi connectivity index (χ1) is 6.30. The Balaban J connectivity index is 3.28. The lowest BCUT2D eigenvalue weighted by Crippen LogP contribution is -2.11. The van der Waals surface area contributed by atoms with Gasteiger partial charge in [0.05, 0.1) is 0 Å². The molecule has 0 aliphatic heterocycles. The van der Waals surface area contributed by atoms with Gasteiger partial charge < -0.3 is 0 Å². The van der Waals surface area contributed by atoms with Crippen molar-refractivity contribution in [2.75, 3.05) is 0 Å². The van der Waals surface area contributed by atoms with E-state index in [1.807, 2.05) is 0 Å². The highest BCUT2D eigenvalue weighted by Crippen LogP contribution is 2.26. The Kier molecular flexibility index (Phi) is 2.84. The summed E-state index contributed by atoms with van der Waals surface area (Å²) in [5.74, 6) is 0. The van der Waals surface area contributed by atoms with Gasteiger partial charge in [0.2, 0.25) is 0 Å². The summed E-state index contributed by atoms with van der Waals surface area (Å²) in [5, 5.41) is 0. The normalized spacial score (nSPS) is 11.5. The van der Waals surface area contributed by atoms with E-state index >= 15 is 0 Å². The molecule has 0 heterocycles. The number of benzene rings is 1. The summed E-state index contributed by atoms with van der Waals surface area (Å²) in [7, 11) is 0. The standard InChI is InChI=1S/C14H20/c1-10(2)12-7-11(3)8-13(9-12)14(4,5)6/h7-9H,1H2,2-6H3. The molecule has 0 fully saturated rings. The average Bonchev–Trinajstić information content (AvgIpc) is 2.01. The molecule has 1 aromatic carbocycles. The third-order valence-corrected chi connectivity index (χ3v) is 2.44. The summed E-state index contributed by atoms with van der Waals surface area (Å²) in [4.78, 5) is 0. The Morgan fingerprint density at radius 2 is 1.71 bits per heavy atom. The third-order valence-electron chi connectivity index (χ3n) is 2.44. The lowest BCUT2D eigenvalue weighted by molar-refractivity contribution is 0.589. The van der Waals surface area contributed by atoms with E-state index in [2.05, 4.69) is 59.4 Å². The number of hydrogen-bond acceptors (Lipinski definition) is 0. The van der Waals surface area contributed by atoms with Crippen molar-refractivity contribution in [2.24, 2.45) is 0 Å². The zero-order valence-electron chi connectivity index (χ0n) is 9.94. The summed E-state index contributed by atoms with van der Waals surface area (Å²) in [6.45, 7) is 14.9. The van der Waals surface area contributed by atoms with Crippen LogP contribution in [0.15, 0.2) is 24.8 Å². The maximum atomic E-state index is 3.99. The Morgan fingerprint density at radius 1 is 1.14 bits per heavy atom. The second-order valence-corrected chi connectivity index (χ2v) is 5.12. The molecule has 1 aromatic rings. The van der Waals surface area contributed by atoms with E-state index in [1.54, 1.807) is 0 Å². The predicted molar refractivity (Wildman–Crippen MR) is 64.6 cm³/mol. The van der Waals surface area contributed by atoms with Crippen LogP contribution in [0.25, 0.3) is 5.57 Å². The highest BCUT2D eigenvalue weighted by atomic mass is 14.2. The molecule has 0 aliphatic rings. The van der Waals surface area contributed by atoms with Crippen molar-refractivity contribution < 1.29 is 0 Å². The zero-order valence-corrected chi connectivity index (χ0v) is 9.94. The quantitative estimate of drug-likeness (QED) is 0.615. The van der Waals surface area contributed by atoms with Crippen LogP contribution in [0.4, 0.5) is 0 Å². The molecule has 0 atom stereocenters. The molecule has 0 amide bonds. The molecule has 14 heavy (non-hydrogen) atoms. The second kappa shape index (κ2) is 3.61. The topological polar surface area (TPSA) is 0 Å². The largest absolute Gasteiger partial charge is 0.0955 e. The van der Waals surface area contributed by atoms with Crippen molar-refractivity contribution in [3.63, 3.8) is 0 Å². The molecule has 0 aliphatic carbocycles. The van der Waals surface area contributed by atoms with Gasteiger partial charge >= 0.3 is 0 Å². The van der Waals surface area contributed by atoms with E-state index in [0.29, 0.717) is 0 Å². The number of hydrogen-bond donors (Lipinski definition) is 0. The van der Waals surface area contributed by atoms with E-state index in [0.717, 1.165) is 5.57 Å².